The Morgan fingerprint density at radius 3 is 2.00 bits per heavy atom. The average molecular weight is 308 g/mol. The second-order valence-electron chi connectivity index (χ2n) is 2.88. The fraction of sp³-hybridized carbons (Fsp3) is 0.200. The lowest BCUT2D eigenvalue weighted by atomic mass is 10.1. The van der Waals surface area contributed by atoms with Gasteiger partial charge in [-0.15, -0.1) is 0 Å². The van der Waals surface area contributed by atoms with Crippen LogP contribution >= 0.6 is 34.8 Å². The van der Waals surface area contributed by atoms with Crippen LogP contribution < -0.4 is 0 Å². The third-order valence-electron chi connectivity index (χ3n) is 1.99. The highest BCUT2D eigenvalue weighted by atomic mass is 35.5. The van der Waals surface area contributed by atoms with Crippen LogP contribution in [0.4, 0.5) is 0 Å². The Morgan fingerprint density at radius 2 is 1.59 bits per heavy atom. The second-order valence-corrected chi connectivity index (χ2v) is 5.69. The molecule has 0 saturated carbocycles. The lowest BCUT2D eigenvalue weighted by Gasteiger charge is -2.10. The van der Waals surface area contributed by atoms with E-state index >= 15 is 0 Å². The first-order chi connectivity index (χ1) is 7.99. The number of nitrogens with zero attached hydrogens (tertiary/aromatic N) is 2. The SMILES string of the molecule is CCS(=O)c1c(Cl)c(Cl)c(C#N)c(Cl)c1C#N. The molecule has 3 nitrogen and oxygen atoms in total. The molecule has 0 aliphatic heterocycles. The van der Waals surface area contributed by atoms with Crippen molar-refractivity contribution < 1.29 is 4.21 Å². The lowest BCUT2D eigenvalue weighted by molar-refractivity contribution is 0.683. The van der Waals surface area contributed by atoms with E-state index in [9.17, 15) is 4.21 Å². The third-order valence-corrected chi connectivity index (χ3v) is 4.72. The molecule has 1 unspecified atom stereocenters. The largest absolute Gasteiger partial charge is 0.254 e. The van der Waals surface area contributed by atoms with Gasteiger partial charge in [0.2, 0.25) is 0 Å². The van der Waals surface area contributed by atoms with Crippen molar-refractivity contribution in [2.24, 2.45) is 0 Å². The number of hydrogen-bond donors (Lipinski definition) is 0. The Bertz CT molecular complexity index is 587. The van der Waals surface area contributed by atoms with Gasteiger partial charge in [0, 0.05) is 5.75 Å². The summed E-state index contributed by atoms with van der Waals surface area (Å²) in [7, 11) is -1.48. The summed E-state index contributed by atoms with van der Waals surface area (Å²) in [6.45, 7) is 1.67. The maximum Gasteiger partial charge on any atom is 0.102 e. The van der Waals surface area contributed by atoms with Crippen molar-refractivity contribution >= 4 is 45.6 Å². The number of nitriles is 2. The summed E-state index contributed by atoms with van der Waals surface area (Å²) in [5, 5.41) is 17.6. The number of halogens is 3. The van der Waals surface area contributed by atoms with Gasteiger partial charge >= 0.3 is 0 Å². The molecule has 0 aromatic heterocycles. The molecule has 7 heteroatoms. The standard InChI is InChI=1S/C10H5Cl3N2OS/c1-2-17(16)10-6(4-15)7(11)5(3-14)8(12)9(10)13/h2H2,1H3. The van der Waals surface area contributed by atoms with Crippen LogP contribution in [-0.4, -0.2) is 9.96 Å². The highest BCUT2D eigenvalue weighted by Gasteiger charge is 2.24. The molecule has 0 N–H and O–H groups in total. The molecule has 1 aromatic rings. The Balaban J connectivity index is 3.82. The van der Waals surface area contributed by atoms with Gasteiger partial charge in [-0.2, -0.15) is 10.5 Å². The minimum Gasteiger partial charge on any atom is -0.254 e. The molecule has 0 fully saturated rings. The molecular weight excluding hydrogens is 303 g/mol. The van der Waals surface area contributed by atoms with Crippen molar-refractivity contribution in [3.05, 3.63) is 26.2 Å². The van der Waals surface area contributed by atoms with Gasteiger partial charge in [-0.1, -0.05) is 41.7 Å². The fourth-order valence-corrected chi connectivity index (χ4v) is 3.27. The number of hydrogen-bond acceptors (Lipinski definition) is 3. The van der Waals surface area contributed by atoms with Gasteiger partial charge in [0.1, 0.15) is 12.1 Å². The van der Waals surface area contributed by atoms with E-state index in [2.05, 4.69) is 0 Å². The summed E-state index contributed by atoms with van der Waals surface area (Å²) in [6.07, 6.45) is 0. The van der Waals surface area contributed by atoms with E-state index in [-0.39, 0.29) is 36.8 Å². The molecule has 88 valence electrons. The first-order valence-electron chi connectivity index (χ1n) is 4.38. The van der Waals surface area contributed by atoms with Gasteiger partial charge in [-0.25, -0.2) is 0 Å². The second kappa shape index (κ2) is 5.71. The first kappa shape index (κ1) is 14.3. The molecule has 0 bridgehead atoms. The highest BCUT2D eigenvalue weighted by Crippen LogP contribution is 2.39. The van der Waals surface area contributed by atoms with Crippen molar-refractivity contribution in [2.45, 2.75) is 11.8 Å². The van der Waals surface area contributed by atoms with Gasteiger partial charge in [-0.05, 0) is 0 Å². The molecule has 0 heterocycles. The zero-order valence-corrected chi connectivity index (χ0v) is 11.6. The quantitative estimate of drug-likeness (QED) is 0.785. The molecule has 17 heavy (non-hydrogen) atoms. The van der Waals surface area contributed by atoms with E-state index in [4.69, 9.17) is 45.3 Å². The van der Waals surface area contributed by atoms with Crippen LogP contribution in [0.2, 0.25) is 15.1 Å². The van der Waals surface area contributed by atoms with Crippen LogP contribution in [0, 0.1) is 22.7 Å². The van der Waals surface area contributed by atoms with Gasteiger partial charge in [-0.3, -0.25) is 4.21 Å². The molecule has 0 aliphatic carbocycles. The Labute approximate surface area is 116 Å². The monoisotopic (exact) mass is 306 g/mol. The van der Waals surface area contributed by atoms with E-state index in [1.165, 1.54) is 0 Å². The van der Waals surface area contributed by atoms with Crippen LogP contribution in [-0.2, 0) is 10.8 Å². The predicted octanol–water partition coefficient (Wildman–Crippen LogP) is 3.52. The van der Waals surface area contributed by atoms with Crippen molar-refractivity contribution in [3.63, 3.8) is 0 Å². The van der Waals surface area contributed by atoms with Crippen LogP contribution in [0.1, 0.15) is 18.1 Å². The van der Waals surface area contributed by atoms with Crippen molar-refractivity contribution in [2.75, 3.05) is 5.75 Å². The summed E-state index contributed by atoms with van der Waals surface area (Å²) in [4.78, 5) is 0.0886. The first-order valence-corrected chi connectivity index (χ1v) is 6.83. The minimum atomic E-state index is -1.48. The van der Waals surface area contributed by atoms with Gasteiger partial charge in [0.25, 0.3) is 0 Å². The topological polar surface area (TPSA) is 64.7 Å². The maximum absolute atomic E-state index is 11.8. The zero-order chi connectivity index (χ0) is 13.2. The summed E-state index contributed by atoms with van der Waals surface area (Å²) in [6, 6.07) is 3.57. The Hall–Kier alpha value is -0.780. The molecule has 1 atom stereocenters. The van der Waals surface area contributed by atoms with Crippen molar-refractivity contribution in [3.8, 4) is 12.1 Å². The molecule has 0 spiro atoms. The lowest BCUT2D eigenvalue weighted by Crippen LogP contribution is -2.02. The van der Waals surface area contributed by atoms with Crippen LogP contribution in [0.15, 0.2) is 4.90 Å². The zero-order valence-electron chi connectivity index (χ0n) is 8.55. The molecular formula is C10H5Cl3N2OS. The Kier molecular flexibility index (Phi) is 4.80. The van der Waals surface area contributed by atoms with Gasteiger partial charge in [0.15, 0.2) is 0 Å². The van der Waals surface area contributed by atoms with Crippen molar-refractivity contribution in [1.29, 1.82) is 10.5 Å². The summed E-state index contributed by atoms with van der Waals surface area (Å²) >= 11 is 17.6. The van der Waals surface area contributed by atoms with E-state index in [1.54, 1.807) is 19.1 Å². The van der Waals surface area contributed by atoms with E-state index < -0.39 is 10.8 Å². The third kappa shape index (κ3) is 2.41. The number of rotatable bonds is 2. The van der Waals surface area contributed by atoms with Crippen molar-refractivity contribution in [1.82, 2.24) is 0 Å². The minimum absolute atomic E-state index is 0.0515. The van der Waals surface area contributed by atoms with Gasteiger partial charge < -0.3 is 0 Å². The van der Waals surface area contributed by atoms with Crippen LogP contribution in [0.5, 0.6) is 0 Å². The molecule has 1 rings (SSSR count). The normalized spacial score (nSPS) is 11.6. The van der Waals surface area contributed by atoms with Crippen LogP contribution in [0.25, 0.3) is 0 Å². The average Bonchev–Trinajstić information content (AvgIpc) is 2.33. The molecule has 0 saturated heterocycles. The van der Waals surface area contributed by atoms with E-state index in [0.717, 1.165) is 0 Å². The fourth-order valence-electron chi connectivity index (χ4n) is 1.20. The maximum atomic E-state index is 11.8. The van der Waals surface area contributed by atoms with E-state index in [1.807, 2.05) is 0 Å². The molecule has 0 amide bonds. The van der Waals surface area contributed by atoms with Gasteiger partial charge in [0.05, 0.1) is 41.9 Å². The summed E-state index contributed by atoms with van der Waals surface area (Å²) in [5.41, 5.74) is -0.135. The molecule has 0 aliphatic rings. The molecule has 0 radical (unpaired) electrons. The predicted molar refractivity (Wildman–Crippen MR) is 67.9 cm³/mol. The summed E-state index contributed by atoms with van der Waals surface area (Å²) < 4.78 is 11.8. The summed E-state index contributed by atoms with van der Waals surface area (Å²) in [5.74, 6) is 0.271. The van der Waals surface area contributed by atoms with E-state index in [0.29, 0.717) is 0 Å². The smallest absolute Gasteiger partial charge is 0.102 e. The highest BCUT2D eigenvalue weighted by molar-refractivity contribution is 7.85. The Morgan fingerprint density at radius 1 is 1.06 bits per heavy atom. The molecule has 1 aromatic carbocycles. The van der Waals surface area contributed by atoms with Crippen LogP contribution in [0.3, 0.4) is 0 Å². The number of benzene rings is 1.